The minimum atomic E-state index is 0.480. The fourth-order valence-electron chi connectivity index (χ4n) is 1.41. The van der Waals surface area contributed by atoms with E-state index in [1.54, 1.807) is 11.3 Å². The van der Waals surface area contributed by atoms with E-state index in [1.807, 2.05) is 31.3 Å². The van der Waals surface area contributed by atoms with Gasteiger partial charge in [-0.05, 0) is 24.6 Å². The molecule has 90 valence electrons. The molecule has 1 heterocycles. The lowest BCUT2D eigenvalue weighted by Crippen LogP contribution is -1.98. The molecule has 1 aromatic heterocycles. The molecule has 3 nitrogen and oxygen atoms in total. The molecule has 0 aliphatic carbocycles. The van der Waals surface area contributed by atoms with Gasteiger partial charge < -0.3 is 10.5 Å². The van der Waals surface area contributed by atoms with E-state index in [2.05, 4.69) is 4.98 Å². The van der Waals surface area contributed by atoms with Crippen LogP contribution in [0.15, 0.2) is 24.4 Å². The van der Waals surface area contributed by atoms with Crippen molar-refractivity contribution in [1.29, 1.82) is 0 Å². The molecule has 0 fully saturated rings. The van der Waals surface area contributed by atoms with Crippen molar-refractivity contribution in [3.8, 4) is 5.75 Å². The van der Waals surface area contributed by atoms with Crippen LogP contribution in [0.4, 0.5) is 0 Å². The Morgan fingerprint density at radius 1 is 1.47 bits per heavy atom. The van der Waals surface area contributed by atoms with Crippen LogP contribution in [0.5, 0.6) is 5.75 Å². The second kappa shape index (κ2) is 5.49. The van der Waals surface area contributed by atoms with E-state index in [0.717, 1.165) is 15.4 Å². The van der Waals surface area contributed by atoms with Crippen molar-refractivity contribution in [3.05, 3.63) is 44.9 Å². The van der Waals surface area contributed by atoms with Crippen LogP contribution in [0.3, 0.4) is 0 Å². The fraction of sp³-hybridized carbons (Fsp3) is 0.250. The molecular weight excluding hydrogens is 256 g/mol. The van der Waals surface area contributed by atoms with Crippen LogP contribution in [0, 0.1) is 6.92 Å². The van der Waals surface area contributed by atoms with E-state index in [1.165, 1.54) is 0 Å². The van der Waals surface area contributed by atoms with Crippen LogP contribution < -0.4 is 10.5 Å². The predicted molar refractivity (Wildman–Crippen MR) is 70.5 cm³/mol. The number of halogens is 1. The van der Waals surface area contributed by atoms with E-state index in [-0.39, 0.29) is 0 Å². The highest BCUT2D eigenvalue weighted by molar-refractivity contribution is 7.11. The van der Waals surface area contributed by atoms with Gasteiger partial charge in [0, 0.05) is 12.7 Å². The quantitative estimate of drug-likeness (QED) is 0.927. The molecule has 0 aliphatic rings. The molecule has 0 spiro atoms. The Morgan fingerprint density at radius 2 is 2.29 bits per heavy atom. The van der Waals surface area contributed by atoms with Gasteiger partial charge in [-0.15, -0.1) is 11.3 Å². The summed E-state index contributed by atoms with van der Waals surface area (Å²) in [6.07, 6.45) is 1.82. The van der Waals surface area contributed by atoms with E-state index in [9.17, 15) is 0 Å². The molecule has 0 aliphatic heterocycles. The maximum Gasteiger partial charge on any atom is 0.138 e. The predicted octanol–water partition coefficient (Wildman–Crippen LogP) is 3.14. The third-order valence-electron chi connectivity index (χ3n) is 2.27. The summed E-state index contributed by atoms with van der Waals surface area (Å²) < 4.78 is 5.63. The first kappa shape index (κ1) is 12.4. The van der Waals surface area contributed by atoms with Gasteiger partial charge >= 0.3 is 0 Å². The molecule has 0 atom stereocenters. The lowest BCUT2D eigenvalue weighted by Gasteiger charge is -2.07. The zero-order valence-corrected chi connectivity index (χ0v) is 11.0. The van der Waals surface area contributed by atoms with Gasteiger partial charge in [0.15, 0.2) is 0 Å². The van der Waals surface area contributed by atoms with Gasteiger partial charge in [0.2, 0.25) is 0 Å². The van der Waals surface area contributed by atoms with Gasteiger partial charge in [-0.1, -0.05) is 17.7 Å². The topological polar surface area (TPSA) is 48.1 Å². The highest BCUT2D eigenvalue weighted by Gasteiger charge is 2.04. The molecule has 2 aromatic rings. The standard InChI is InChI=1S/C12H13ClN2OS/c1-8-15-6-10(17-8)7-16-12-3-2-9(5-14)4-11(12)13/h2-4,6H,5,7,14H2,1H3. The lowest BCUT2D eigenvalue weighted by molar-refractivity contribution is 0.309. The fourth-order valence-corrected chi connectivity index (χ4v) is 2.38. The number of aryl methyl sites for hydroxylation is 1. The average Bonchev–Trinajstić information content (AvgIpc) is 2.73. The largest absolute Gasteiger partial charge is 0.486 e. The molecular formula is C12H13ClN2OS. The van der Waals surface area contributed by atoms with Crippen molar-refractivity contribution >= 4 is 22.9 Å². The summed E-state index contributed by atoms with van der Waals surface area (Å²) in [5.74, 6) is 0.676. The molecule has 0 saturated heterocycles. The number of hydrogen-bond acceptors (Lipinski definition) is 4. The van der Waals surface area contributed by atoms with Crippen LogP contribution in [0.25, 0.3) is 0 Å². The van der Waals surface area contributed by atoms with Gasteiger partial charge in [0.1, 0.15) is 12.4 Å². The van der Waals surface area contributed by atoms with Crippen LogP contribution in [-0.2, 0) is 13.2 Å². The molecule has 17 heavy (non-hydrogen) atoms. The average molecular weight is 269 g/mol. The minimum Gasteiger partial charge on any atom is -0.486 e. The SMILES string of the molecule is Cc1ncc(COc2ccc(CN)cc2Cl)s1. The molecule has 2 rings (SSSR count). The molecule has 0 amide bonds. The highest BCUT2D eigenvalue weighted by atomic mass is 35.5. The summed E-state index contributed by atoms with van der Waals surface area (Å²) in [4.78, 5) is 5.25. The number of nitrogens with two attached hydrogens (primary N) is 1. The van der Waals surface area contributed by atoms with E-state index >= 15 is 0 Å². The normalized spacial score (nSPS) is 10.5. The maximum absolute atomic E-state index is 6.09. The molecule has 0 radical (unpaired) electrons. The zero-order chi connectivity index (χ0) is 12.3. The van der Waals surface area contributed by atoms with E-state index < -0.39 is 0 Å². The summed E-state index contributed by atoms with van der Waals surface area (Å²) in [5, 5.41) is 1.63. The van der Waals surface area contributed by atoms with Crippen molar-refractivity contribution in [2.24, 2.45) is 5.73 Å². The smallest absolute Gasteiger partial charge is 0.138 e. The molecule has 0 bridgehead atoms. The Balaban J connectivity index is 2.04. The molecule has 1 aromatic carbocycles. The number of aromatic nitrogens is 1. The summed E-state index contributed by atoms with van der Waals surface area (Å²) in [5.41, 5.74) is 6.53. The third-order valence-corrected chi connectivity index (χ3v) is 3.45. The molecule has 2 N–H and O–H groups in total. The van der Waals surface area contributed by atoms with Gasteiger partial charge in [-0.3, -0.25) is 0 Å². The summed E-state index contributed by atoms with van der Waals surface area (Å²) >= 11 is 7.71. The summed E-state index contributed by atoms with van der Waals surface area (Å²) in [7, 11) is 0. The number of benzene rings is 1. The van der Waals surface area contributed by atoms with Gasteiger partial charge in [0.25, 0.3) is 0 Å². The summed E-state index contributed by atoms with van der Waals surface area (Å²) in [6.45, 7) is 2.94. The number of thiazole rings is 1. The van der Waals surface area contributed by atoms with Crippen molar-refractivity contribution in [1.82, 2.24) is 4.98 Å². The van der Waals surface area contributed by atoms with Crippen molar-refractivity contribution in [2.75, 3.05) is 0 Å². The number of ether oxygens (including phenoxy) is 1. The van der Waals surface area contributed by atoms with Gasteiger partial charge in [0.05, 0.1) is 14.9 Å². The van der Waals surface area contributed by atoms with Crippen molar-refractivity contribution < 1.29 is 4.74 Å². The van der Waals surface area contributed by atoms with E-state index in [0.29, 0.717) is 23.9 Å². The second-order valence-corrected chi connectivity index (χ2v) is 5.33. The van der Waals surface area contributed by atoms with Crippen LogP contribution >= 0.6 is 22.9 Å². The Labute approximate surface area is 109 Å². The second-order valence-electron chi connectivity index (χ2n) is 3.60. The Morgan fingerprint density at radius 3 is 2.88 bits per heavy atom. The molecule has 0 unspecified atom stereocenters. The van der Waals surface area contributed by atoms with Gasteiger partial charge in [-0.25, -0.2) is 4.98 Å². The van der Waals surface area contributed by atoms with Crippen LogP contribution in [0.1, 0.15) is 15.4 Å². The number of nitrogens with zero attached hydrogens (tertiary/aromatic N) is 1. The van der Waals surface area contributed by atoms with Crippen LogP contribution in [-0.4, -0.2) is 4.98 Å². The first-order valence-electron chi connectivity index (χ1n) is 5.21. The maximum atomic E-state index is 6.09. The Hall–Kier alpha value is -1.10. The number of hydrogen-bond donors (Lipinski definition) is 1. The van der Waals surface area contributed by atoms with Crippen molar-refractivity contribution in [3.63, 3.8) is 0 Å². The third kappa shape index (κ3) is 3.19. The van der Waals surface area contributed by atoms with Gasteiger partial charge in [-0.2, -0.15) is 0 Å². The molecule has 0 saturated carbocycles. The summed E-state index contributed by atoms with van der Waals surface area (Å²) in [6, 6.07) is 5.59. The Kier molecular flexibility index (Phi) is 3.99. The zero-order valence-electron chi connectivity index (χ0n) is 9.44. The highest BCUT2D eigenvalue weighted by Crippen LogP contribution is 2.26. The lowest BCUT2D eigenvalue weighted by atomic mass is 10.2. The minimum absolute atomic E-state index is 0.480. The first-order valence-corrected chi connectivity index (χ1v) is 6.41. The van der Waals surface area contributed by atoms with Crippen molar-refractivity contribution in [2.45, 2.75) is 20.1 Å². The van der Waals surface area contributed by atoms with Crippen LogP contribution in [0.2, 0.25) is 5.02 Å². The van der Waals surface area contributed by atoms with E-state index in [4.69, 9.17) is 22.1 Å². The first-order chi connectivity index (χ1) is 8.19. The number of rotatable bonds is 4. The Bertz CT molecular complexity index is 513. The molecule has 5 heteroatoms. The monoisotopic (exact) mass is 268 g/mol.